The van der Waals surface area contributed by atoms with E-state index in [0.29, 0.717) is 25.3 Å². The fourth-order valence-corrected chi connectivity index (χ4v) is 3.88. The molecule has 3 rings (SSSR count). The topological polar surface area (TPSA) is 49.4 Å². The first-order valence-electron chi connectivity index (χ1n) is 9.47. The quantitative estimate of drug-likeness (QED) is 0.740. The normalized spacial score (nSPS) is 14.0. The third kappa shape index (κ3) is 5.60. The van der Waals surface area contributed by atoms with Crippen molar-refractivity contribution in [1.29, 1.82) is 0 Å². The van der Waals surface area contributed by atoms with E-state index in [1.807, 2.05) is 24.3 Å². The van der Waals surface area contributed by atoms with E-state index in [2.05, 4.69) is 43.4 Å². The third-order valence-corrected chi connectivity index (χ3v) is 5.72. The summed E-state index contributed by atoms with van der Waals surface area (Å²) in [5, 5.41) is 2.91. The van der Waals surface area contributed by atoms with Crippen LogP contribution in [-0.4, -0.2) is 29.8 Å². The van der Waals surface area contributed by atoms with Crippen LogP contribution in [0.5, 0.6) is 0 Å². The number of rotatable bonds is 7. The van der Waals surface area contributed by atoms with Crippen LogP contribution in [0.4, 0.5) is 5.69 Å². The highest BCUT2D eigenvalue weighted by molar-refractivity contribution is 7.99. The molecule has 1 N–H and O–H groups in total. The Morgan fingerprint density at radius 1 is 1.07 bits per heavy atom. The lowest BCUT2D eigenvalue weighted by atomic mass is 10.0. The van der Waals surface area contributed by atoms with Gasteiger partial charge in [-0.25, -0.2) is 0 Å². The summed E-state index contributed by atoms with van der Waals surface area (Å²) in [5.41, 5.74) is 2.13. The Bertz CT molecular complexity index is 785. The second-order valence-corrected chi connectivity index (χ2v) is 8.28. The van der Waals surface area contributed by atoms with E-state index in [-0.39, 0.29) is 11.8 Å². The van der Waals surface area contributed by atoms with Crippen molar-refractivity contribution in [2.75, 3.05) is 18.4 Å². The zero-order valence-corrected chi connectivity index (χ0v) is 16.7. The summed E-state index contributed by atoms with van der Waals surface area (Å²) in [6, 6.07) is 16.5. The average molecular weight is 383 g/mol. The molecule has 0 atom stereocenters. The summed E-state index contributed by atoms with van der Waals surface area (Å²) < 4.78 is 0. The molecule has 0 spiro atoms. The molecule has 1 aliphatic heterocycles. The van der Waals surface area contributed by atoms with Crippen molar-refractivity contribution in [2.24, 2.45) is 0 Å². The van der Waals surface area contributed by atoms with Gasteiger partial charge in [-0.3, -0.25) is 9.59 Å². The summed E-state index contributed by atoms with van der Waals surface area (Å²) in [5.74, 6) is 0.639. The van der Waals surface area contributed by atoms with Gasteiger partial charge in [-0.1, -0.05) is 37.7 Å². The third-order valence-electron chi connectivity index (χ3n) is 4.70. The largest absolute Gasteiger partial charge is 0.342 e. The molecule has 2 amide bonds. The minimum atomic E-state index is -0.0561. The molecule has 0 aromatic heterocycles. The van der Waals surface area contributed by atoms with E-state index in [9.17, 15) is 9.59 Å². The number of likely N-dealkylation sites (tertiary alicyclic amines) is 1. The Hall–Kier alpha value is -2.27. The van der Waals surface area contributed by atoms with Crippen LogP contribution in [0.3, 0.4) is 0 Å². The first kappa shape index (κ1) is 19.5. The van der Waals surface area contributed by atoms with Crippen molar-refractivity contribution in [2.45, 2.75) is 48.8 Å². The predicted molar refractivity (Wildman–Crippen MR) is 110 cm³/mol. The van der Waals surface area contributed by atoms with Crippen molar-refractivity contribution in [3.8, 4) is 0 Å². The van der Waals surface area contributed by atoms with Crippen molar-refractivity contribution >= 4 is 29.3 Å². The number of amides is 2. The Morgan fingerprint density at radius 2 is 1.70 bits per heavy atom. The van der Waals surface area contributed by atoms with Gasteiger partial charge in [0.1, 0.15) is 0 Å². The Labute approximate surface area is 165 Å². The van der Waals surface area contributed by atoms with Crippen molar-refractivity contribution in [3.63, 3.8) is 0 Å². The van der Waals surface area contributed by atoms with Crippen LogP contribution in [0.2, 0.25) is 0 Å². The molecule has 2 aromatic carbocycles. The van der Waals surface area contributed by atoms with E-state index in [4.69, 9.17) is 0 Å². The molecule has 2 aromatic rings. The van der Waals surface area contributed by atoms with Crippen LogP contribution >= 0.6 is 11.8 Å². The van der Waals surface area contributed by atoms with Gasteiger partial charge in [0.2, 0.25) is 11.8 Å². The lowest BCUT2D eigenvalue weighted by Crippen LogP contribution is -2.28. The molecular formula is C22H26N2O2S. The Balaban J connectivity index is 1.49. The van der Waals surface area contributed by atoms with Crippen molar-refractivity contribution < 1.29 is 9.59 Å². The SMILES string of the molecule is CC(C)c1ccc(Sc2ccc(NC(=O)CCN3CCCC3=O)cc2)cc1. The van der Waals surface area contributed by atoms with Gasteiger partial charge in [-0.15, -0.1) is 0 Å². The minimum absolute atomic E-state index is 0.0561. The van der Waals surface area contributed by atoms with Crippen LogP contribution < -0.4 is 5.32 Å². The molecule has 0 saturated carbocycles. The molecule has 1 aliphatic rings. The van der Waals surface area contributed by atoms with E-state index in [1.165, 1.54) is 10.5 Å². The predicted octanol–water partition coefficient (Wildman–Crippen LogP) is 4.91. The fourth-order valence-electron chi connectivity index (χ4n) is 3.06. The number of nitrogens with zero attached hydrogens (tertiary/aromatic N) is 1. The van der Waals surface area contributed by atoms with E-state index < -0.39 is 0 Å². The minimum Gasteiger partial charge on any atom is -0.342 e. The molecule has 0 unspecified atom stereocenters. The molecule has 142 valence electrons. The van der Waals surface area contributed by atoms with E-state index in [0.717, 1.165) is 23.5 Å². The zero-order valence-electron chi connectivity index (χ0n) is 15.9. The monoisotopic (exact) mass is 382 g/mol. The molecule has 0 radical (unpaired) electrons. The number of carbonyl (C=O) groups is 2. The van der Waals surface area contributed by atoms with Gasteiger partial charge in [-0.05, 0) is 54.3 Å². The number of hydrogen-bond acceptors (Lipinski definition) is 3. The second-order valence-electron chi connectivity index (χ2n) is 7.13. The fraction of sp³-hybridized carbons (Fsp3) is 0.364. The highest BCUT2D eigenvalue weighted by atomic mass is 32.2. The van der Waals surface area contributed by atoms with Crippen LogP contribution in [0.15, 0.2) is 58.3 Å². The maximum absolute atomic E-state index is 12.1. The molecule has 1 heterocycles. The first-order valence-corrected chi connectivity index (χ1v) is 10.3. The lowest BCUT2D eigenvalue weighted by molar-refractivity contribution is -0.128. The van der Waals surface area contributed by atoms with Crippen molar-refractivity contribution in [3.05, 3.63) is 54.1 Å². The Kier molecular flexibility index (Phi) is 6.56. The summed E-state index contributed by atoms with van der Waals surface area (Å²) in [6.07, 6.45) is 1.85. The van der Waals surface area contributed by atoms with Crippen LogP contribution in [0.25, 0.3) is 0 Å². The molecule has 1 saturated heterocycles. The highest BCUT2D eigenvalue weighted by Gasteiger charge is 2.20. The number of hydrogen-bond donors (Lipinski definition) is 1. The van der Waals surface area contributed by atoms with E-state index >= 15 is 0 Å². The molecular weight excluding hydrogens is 356 g/mol. The molecule has 4 nitrogen and oxygen atoms in total. The van der Waals surface area contributed by atoms with Gasteiger partial charge in [0, 0.05) is 41.4 Å². The molecule has 0 bridgehead atoms. The highest BCUT2D eigenvalue weighted by Crippen LogP contribution is 2.29. The van der Waals surface area contributed by atoms with E-state index in [1.54, 1.807) is 16.7 Å². The van der Waals surface area contributed by atoms with Crippen molar-refractivity contribution in [1.82, 2.24) is 4.90 Å². The summed E-state index contributed by atoms with van der Waals surface area (Å²) in [4.78, 5) is 27.8. The molecule has 1 fully saturated rings. The Morgan fingerprint density at radius 3 is 2.26 bits per heavy atom. The standard InChI is InChI=1S/C22H26N2O2S/c1-16(2)17-5-9-19(10-6-17)27-20-11-7-18(8-12-20)23-21(25)13-15-24-14-3-4-22(24)26/h5-12,16H,3-4,13-15H2,1-2H3,(H,23,25). The summed E-state index contributed by atoms with van der Waals surface area (Å²) >= 11 is 1.71. The van der Waals surface area contributed by atoms with Gasteiger partial charge in [-0.2, -0.15) is 0 Å². The number of nitrogens with one attached hydrogen (secondary N) is 1. The van der Waals surface area contributed by atoms with Gasteiger partial charge in [0.15, 0.2) is 0 Å². The maximum Gasteiger partial charge on any atom is 0.226 e. The average Bonchev–Trinajstić information content (AvgIpc) is 3.07. The van der Waals surface area contributed by atoms with Crippen LogP contribution in [0, 0.1) is 0 Å². The van der Waals surface area contributed by atoms with Gasteiger partial charge < -0.3 is 10.2 Å². The van der Waals surface area contributed by atoms with Gasteiger partial charge in [0.25, 0.3) is 0 Å². The smallest absolute Gasteiger partial charge is 0.226 e. The van der Waals surface area contributed by atoms with Gasteiger partial charge >= 0.3 is 0 Å². The van der Waals surface area contributed by atoms with Crippen LogP contribution in [-0.2, 0) is 9.59 Å². The van der Waals surface area contributed by atoms with Gasteiger partial charge in [0.05, 0.1) is 0 Å². The second kappa shape index (κ2) is 9.09. The molecule has 0 aliphatic carbocycles. The van der Waals surface area contributed by atoms with Crippen LogP contribution in [0.1, 0.15) is 44.6 Å². The number of carbonyl (C=O) groups excluding carboxylic acids is 2. The maximum atomic E-state index is 12.1. The first-order chi connectivity index (χ1) is 13.0. The molecule has 5 heteroatoms. The zero-order chi connectivity index (χ0) is 19.2. The lowest BCUT2D eigenvalue weighted by Gasteiger charge is -2.15. The number of benzene rings is 2. The summed E-state index contributed by atoms with van der Waals surface area (Å²) in [6.45, 7) is 5.66. The summed E-state index contributed by atoms with van der Waals surface area (Å²) in [7, 11) is 0. The molecule has 27 heavy (non-hydrogen) atoms. The number of anilines is 1.